The van der Waals surface area contributed by atoms with Crippen LogP contribution in [0.2, 0.25) is 0 Å². The van der Waals surface area contributed by atoms with E-state index >= 15 is 0 Å². The van der Waals surface area contributed by atoms with Gasteiger partial charge in [0.2, 0.25) is 5.91 Å². The topological polar surface area (TPSA) is 46.9 Å². The molecule has 0 aliphatic heterocycles. The van der Waals surface area contributed by atoms with E-state index < -0.39 is 5.38 Å². The monoisotopic (exact) mass is 263 g/mol. The molecule has 2 rings (SSSR count). The van der Waals surface area contributed by atoms with Crippen LogP contribution in [-0.2, 0) is 4.79 Å². The number of carbonyl (C=O) groups is 1. The molecule has 94 valence electrons. The summed E-state index contributed by atoms with van der Waals surface area (Å²) in [6.45, 7) is 3.62. The van der Waals surface area contributed by atoms with Crippen LogP contribution in [0.5, 0.6) is 0 Å². The van der Waals surface area contributed by atoms with Crippen molar-refractivity contribution in [2.45, 2.75) is 19.2 Å². The predicted molar refractivity (Wildman–Crippen MR) is 72.2 cm³/mol. The fraction of sp³-hybridized carbons (Fsp3) is 0.231. The van der Waals surface area contributed by atoms with Crippen molar-refractivity contribution in [1.82, 2.24) is 9.78 Å². The number of aryl methyl sites for hydroxylation is 1. The van der Waals surface area contributed by atoms with Gasteiger partial charge in [-0.2, -0.15) is 5.10 Å². The molecule has 1 amide bonds. The van der Waals surface area contributed by atoms with E-state index in [4.69, 9.17) is 11.6 Å². The van der Waals surface area contributed by atoms with Gasteiger partial charge < -0.3 is 5.32 Å². The number of anilines is 1. The molecule has 1 heterocycles. The number of hydrogen-bond acceptors (Lipinski definition) is 2. The zero-order chi connectivity index (χ0) is 13.1. The van der Waals surface area contributed by atoms with E-state index in [9.17, 15) is 4.79 Å². The van der Waals surface area contributed by atoms with E-state index in [-0.39, 0.29) is 5.91 Å². The van der Waals surface area contributed by atoms with Crippen molar-refractivity contribution in [2.75, 3.05) is 5.32 Å². The van der Waals surface area contributed by atoms with Crippen molar-refractivity contribution in [3.05, 3.63) is 42.1 Å². The molecule has 18 heavy (non-hydrogen) atoms. The maximum Gasteiger partial charge on any atom is 0.243 e. The lowest BCUT2D eigenvalue weighted by atomic mass is 10.2. The Hall–Kier alpha value is -1.81. The largest absolute Gasteiger partial charge is 0.309 e. The third kappa shape index (κ3) is 2.54. The summed E-state index contributed by atoms with van der Waals surface area (Å²) in [6, 6.07) is 9.57. The highest BCUT2D eigenvalue weighted by Gasteiger charge is 2.13. The second-order valence-electron chi connectivity index (χ2n) is 4.02. The summed E-state index contributed by atoms with van der Waals surface area (Å²) >= 11 is 5.73. The number of hydrogen-bond donors (Lipinski definition) is 1. The molecular weight excluding hydrogens is 250 g/mol. The van der Waals surface area contributed by atoms with Gasteiger partial charge >= 0.3 is 0 Å². The SMILES string of the molecule is Cc1ccccc1-n1nccc1NC(=O)C(C)Cl. The first-order chi connectivity index (χ1) is 8.59. The van der Waals surface area contributed by atoms with Crippen molar-refractivity contribution in [1.29, 1.82) is 0 Å². The number of halogens is 1. The summed E-state index contributed by atoms with van der Waals surface area (Å²) in [4.78, 5) is 11.6. The lowest BCUT2D eigenvalue weighted by Gasteiger charge is -2.11. The molecule has 0 aliphatic rings. The fourth-order valence-corrected chi connectivity index (χ4v) is 1.67. The zero-order valence-electron chi connectivity index (χ0n) is 10.2. The Morgan fingerprint density at radius 2 is 2.11 bits per heavy atom. The van der Waals surface area contributed by atoms with E-state index in [1.54, 1.807) is 23.9 Å². The van der Waals surface area contributed by atoms with E-state index in [0.717, 1.165) is 11.3 Å². The quantitative estimate of drug-likeness (QED) is 0.866. The standard InChI is InChI=1S/C13H14ClN3O/c1-9-5-3-4-6-11(9)17-12(7-8-15-17)16-13(18)10(2)14/h3-8,10H,1-2H3,(H,16,18). The summed E-state index contributed by atoms with van der Waals surface area (Å²) in [6.07, 6.45) is 1.64. The molecule has 0 saturated carbocycles. The summed E-state index contributed by atoms with van der Waals surface area (Å²) in [5, 5.41) is 6.39. The number of aromatic nitrogens is 2. The number of para-hydroxylation sites is 1. The molecule has 4 nitrogen and oxygen atoms in total. The summed E-state index contributed by atoms with van der Waals surface area (Å²) in [7, 11) is 0. The average Bonchev–Trinajstić information content (AvgIpc) is 2.77. The summed E-state index contributed by atoms with van der Waals surface area (Å²) in [5.41, 5.74) is 2.01. The molecule has 1 aromatic heterocycles. The predicted octanol–water partition coefficient (Wildman–Crippen LogP) is 2.75. The number of nitrogens with one attached hydrogen (secondary N) is 1. The van der Waals surface area contributed by atoms with Crippen LogP contribution in [0.4, 0.5) is 5.82 Å². The highest BCUT2D eigenvalue weighted by atomic mass is 35.5. The van der Waals surface area contributed by atoms with Crippen molar-refractivity contribution in [3.8, 4) is 5.69 Å². The van der Waals surface area contributed by atoms with Crippen LogP contribution in [0, 0.1) is 6.92 Å². The maximum absolute atomic E-state index is 11.6. The molecule has 0 saturated heterocycles. The van der Waals surface area contributed by atoms with Gasteiger partial charge in [-0.15, -0.1) is 11.6 Å². The molecule has 2 aromatic rings. The molecule has 0 aliphatic carbocycles. The van der Waals surface area contributed by atoms with Crippen molar-refractivity contribution < 1.29 is 4.79 Å². The zero-order valence-corrected chi connectivity index (χ0v) is 11.0. The van der Waals surface area contributed by atoms with Crippen LogP contribution in [0.1, 0.15) is 12.5 Å². The third-order valence-electron chi connectivity index (χ3n) is 2.60. The molecular formula is C13H14ClN3O. The van der Waals surface area contributed by atoms with Crippen molar-refractivity contribution in [3.63, 3.8) is 0 Å². The smallest absolute Gasteiger partial charge is 0.243 e. The van der Waals surface area contributed by atoms with Gasteiger partial charge in [0.25, 0.3) is 0 Å². The second kappa shape index (κ2) is 5.23. The number of carbonyl (C=O) groups excluding carboxylic acids is 1. The summed E-state index contributed by atoms with van der Waals surface area (Å²) < 4.78 is 1.69. The molecule has 0 bridgehead atoms. The van der Waals surface area contributed by atoms with Gasteiger partial charge in [-0.25, -0.2) is 4.68 Å². The highest BCUT2D eigenvalue weighted by Crippen LogP contribution is 2.18. The fourth-order valence-electron chi connectivity index (χ4n) is 1.62. The Kier molecular flexibility index (Phi) is 3.67. The van der Waals surface area contributed by atoms with Gasteiger partial charge in [-0.3, -0.25) is 4.79 Å². The van der Waals surface area contributed by atoms with Crippen LogP contribution in [0.3, 0.4) is 0 Å². The third-order valence-corrected chi connectivity index (χ3v) is 2.80. The molecule has 1 aromatic carbocycles. The lowest BCUT2D eigenvalue weighted by molar-refractivity contribution is -0.115. The van der Waals surface area contributed by atoms with Crippen molar-refractivity contribution >= 4 is 23.3 Å². The first-order valence-corrected chi connectivity index (χ1v) is 6.08. The normalized spacial score (nSPS) is 12.2. The Labute approximate surface area is 111 Å². The molecule has 0 radical (unpaired) electrons. The molecule has 1 N–H and O–H groups in total. The summed E-state index contributed by atoms with van der Waals surface area (Å²) in [5.74, 6) is 0.369. The lowest BCUT2D eigenvalue weighted by Crippen LogP contribution is -2.22. The number of nitrogens with zero attached hydrogens (tertiary/aromatic N) is 2. The minimum atomic E-state index is -0.578. The molecule has 1 unspecified atom stereocenters. The minimum Gasteiger partial charge on any atom is -0.309 e. The van der Waals surface area contributed by atoms with E-state index in [1.165, 1.54) is 0 Å². The molecule has 0 fully saturated rings. The minimum absolute atomic E-state index is 0.244. The van der Waals surface area contributed by atoms with Crippen molar-refractivity contribution in [2.24, 2.45) is 0 Å². The Morgan fingerprint density at radius 3 is 2.78 bits per heavy atom. The van der Waals surface area contributed by atoms with Crippen LogP contribution >= 0.6 is 11.6 Å². The Bertz CT molecular complexity index is 563. The van der Waals surface area contributed by atoms with Gasteiger partial charge in [0.1, 0.15) is 11.2 Å². The van der Waals surface area contributed by atoms with Gasteiger partial charge in [0.05, 0.1) is 11.9 Å². The molecule has 5 heteroatoms. The first kappa shape index (κ1) is 12.6. The average molecular weight is 264 g/mol. The van der Waals surface area contributed by atoms with E-state index in [0.29, 0.717) is 5.82 Å². The van der Waals surface area contributed by atoms with Gasteiger partial charge in [0, 0.05) is 6.07 Å². The van der Waals surface area contributed by atoms with E-state index in [1.807, 2.05) is 31.2 Å². The number of benzene rings is 1. The maximum atomic E-state index is 11.6. The number of amides is 1. The number of alkyl halides is 1. The van der Waals surface area contributed by atoms with Gasteiger partial charge in [-0.05, 0) is 25.5 Å². The van der Waals surface area contributed by atoms with Gasteiger partial charge in [-0.1, -0.05) is 18.2 Å². The molecule has 1 atom stereocenters. The van der Waals surface area contributed by atoms with Crippen LogP contribution in [0.15, 0.2) is 36.5 Å². The molecule has 0 spiro atoms. The second-order valence-corrected chi connectivity index (χ2v) is 4.67. The van der Waals surface area contributed by atoms with Gasteiger partial charge in [0.15, 0.2) is 0 Å². The number of rotatable bonds is 3. The first-order valence-electron chi connectivity index (χ1n) is 5.64. The van der Waals surface area contributed by atoms with Crippen LogP contribution in [0.25, 0.3) is 5.69 Å². The van der Waals surface area contributed by atoms with E-state index in [2.05, 4.69) is 10.4 Å². The Morgan fingerprint density at radius 1 is 1.39 bits per heavy atom. The van der Waals surface area contributed by atoms with Crippen LogP contribution in [-0.4, -0.2) is 21.1 Å². The highest BCUT2D eigenvalue weighted by molar-refractivity contribution is 6.32. The Balaban J connectivity index is 2.34. The van der Waals surface area contributed by atoms with Crippen LogP contribution < -0.4 is 5.32 Å².